The highest BCUT2D eigenvalue weighted by molar-refractivity contribution is 6.07. The number of aryl methyl sites for hydroxylation is 1. The largest absolute Gasteiger partial charge is 0.497 e. The number of nitrogens with zero attached hydrogens (tertiary/aromatic N) is 1. The Morgan fingerprint density at radius 3 is 2.39 bits per heavy atom. The number of rotatable bonds is 3. The monoisotopic (exact) mass is 317 g/mol. The summed E-state index contributed by atoms with van der Waals surface area (Å²) in [7, 11) is 4.18. The molecule has 0 unspecified atom stereocenters. The van der Waals surface area contributed by atoms with Gasteiger partial charge in [-0.15, -0.1) is 0 Å². The molecule has 6 nitrogen and oxygen atoms in total. The summed E-state index contributed by atoms with van der Waals surface area (Å²) >= 11 is 0. The average molecular weight is 317 g/mol. The molecule has 0 fully saturated rings. The molecule has 0 bridgehead atoms. The number of aromatic nitrogens is 1. The Labute approximate surface area is 133 Å². The second-order valence-corrected chi connectivity index (χ2v) is 5.60. The third-order valence-corrected chi connectivity index (χ3v) is 4.55. The van der Waals surface area contributed by atoms with Crippen LogP contribution >= 0.6 is 0 Å². The first-order valence-corrected chi connectivity index (χ1v) is 7.43. The number of fused-ring (bicyclic) bond motifs is 3. The van der Waals surface area contributed by atoms with Gasteiger partial charge in [0.05, 0.1) is 21.3 Å². The van der Waals surface area contributed by atoms with E-state index in [4.69, 9.17) is 14.2 Å². The molecule has 1 aliphatic rings. The standard InChI is InChI=1S/C17H19NO5/c1-21-12-5-6-13-11(9-12)10-14-17(15(19)22-2,16(20)23-3)7-4-8-18(13)14/h5-6,9-10H,4,7-8H2,1-3H3. The fourth-order valence-electron chi connectivity index (χ4n) is 3.45. The van der Waals surface area contributed by atoms with Gasteiger partial charge in [0.2, 0.25) is 5.41 Å². The third-order valence-electron chi connectivity index (χ3n) is 4.55. The minimum absolute atomic E-state index is 0.375. The smallest absolute Gasteiger partial charge is 0.329 e. The quantitative estimate of drug-likeness (QED) is 0.640. The van der Waals surface area contributed by atoms with E-state index in [9.17, 15) is 9.59 Å². The van der Waals surface area contributed by atoms with Crippen LogP contribution in [0.15, 0.2) is 24.3 Å². The van der Waals surface area contributed by atoms with Crippen molar-refractivity contribution in [3.8, 4) is 5.75 Å². The van der Waals surface area contributed by atoms with Crippen molar-refractivity contribution in [2.45, 2.75) is 24.8 Å². The maximum Gasteiger partial charge on any atom is 0.329 e. The fourth-order valence-corrected chi connectivity index (χ4v) is 3.45. The Hall–Kier alpha value is -2.50. The van der Waals surface area contributed by atoms with Gasteiger partial charge in [-0.2, -0.15) is 0 Å². The molecule has 0 N–H and O–H groups in total. The van der Waals surface area contributed by atoms with Gasteiger partial charge in [-0.25, -0.2) is 0 Å². The Kier molecular flexibility index (Phi) is 3.75. The van der Waals surface area contributed by atoms with E-state index in [1.54, 1.807) is 7.11 Å². The topological polar surface area (TPSA) is 66.8 Å². The van der Waals surface area contributed by atoms with Crippen LogP contribution in [0.4, 0.5) is 0 Å². The van der Waals surface area contributed by atoms with Gasteiger partial charge in [0, 0.05) is 23.1 Å². The number of hydrogen-bond donors (Lipinski definition) is 0. The second kappa shape index (κ2) is 5.61. The molecule has 1 aliphatic heterocycles. The molecule has 6 heteroatoms. The Morgan fingerprint density at radius 2 is 1.78 bits per heavy atom. The predicted octanol–water partition coefficient (Wildman–Crippen LogP) is 2.03. The van der Waals surface area contributed by atoms with Crippen molar-refractivity contribution in [1.29, 1.82) is 0 Å². The molecule has 1 aromatic heterocycles. The minimum atomic E-state index is -1.41. The van der Waals surface area contributed by atoms with Crippen molar-refractivity contribution in [1.82, 2.24) is 4.57 Å². The lowest BCUT2D eigenvalue weighted by atomic mass is 9.77. The van der Waals surface area contributed by atoms with E-state index in [0.717, 1.165) is 23.2 Å². The van der Waals surface area contributed by atoms with Crippen LogP contribution in [0, 0.1) is 0 Å². The van der Waals surface area contributed by atoms with E-state index in [1.807, 2.05) is 28.8 Å². The number of esters is 2. The zero-order valence-electron chi connectivity index (χ0n) is 13.4. The molecule has 23 heavy (non-hydrogen) atoms. The van der Waals surface area contributed by atoms with Crippen molar-refractivity contribution < 1.29 is 23.8 Å². The van der Waals surface area contributed by atoms with Crippen molar-refractivity contribution in [3.05, 3.63) is 30.0 Å². The van der Waals surface area contributed by atoms with Crippen molar-refractivity contribution >= 4 is 22.8 Å². The molecule has 122 valence electrons. The molecule has 2 heterocycles. The molecule has 0 aliphatic carbocycles. The number of ether oxygens (including phenoxy) is 3. The van der Waals surface area contributed by atoms with Crippen LogP contribution in [-0.4, -0.2) is 37.8 Å². The Morgan fingerprint density at radius 1 is 1.09 bits per heavy atom. The summed E-state index contributed by atoms with van der Waals surface area (Å²) < 4.78 is 17.1. The fraction of sp³-hybridized carbons (Fsp3) is 0.412. The SMILES string of the molecule is COC(=O)C1(C(=O)OC)CCCn2c1cc1cc(OC)ccc12. The van der Waals surface area contributed by atoms with Gasteiger partial charge in [0.25, 0.3) is 0 Å². The van der Waals surface area contributed by atoms with Gasteiger partial charge in [0.15, 0.2) is 0 Å². The molecule has 0 atom stereocenters. The molecular formula is C17H19NO5. The number of carbonyl (C=O) groups excluding carboxylic acids is 2. The van der Waals surface area contributed by atoms with Crippen LogP contribution in [0.5, 0.6) is 5.75 Å². The van der Waals surface area contributed by atoms with Crippen molar-refractivity contribution in [2.75, 3.05) is 21.3 Å². The molecule has 0 saturated heterocycles. The molecule has 0 spiro atoms. The maximum atomic E-state index is 12.5. The zero-order chi connectivity index (χ0) is 16.6. The lowest BCUT2D eigenvalue weighted by molar-refractivity contribution is -0.163. The molecular weight excluding hydrogens is 298 g/mol. The molecule has 0 radical (unpaired) electrons. The summed E-state index contributed by atoms with van der Waals surface area (Å²) in [5.74, 6) is -0.442. The van der Waals surface area contributed by atoms with Crippen molar-refractivity contribution in [3.63, 3.8) is 0 Å². The molecule has 1 aromatic carbocycles. The van der Waals surface area contributed by atoms with E-state index in [-0.39, 0.29) is 0 Å². The van der Waals surface area contributed by atoms with E-state index in [0.29, 0.717) is 18.5 Å². The van der Waals surface area contributed by atoms with Gasteiger partial charge >= 0.3 is 11.9 Å². The van der Waals surface area contributed by atoms with Crippen LogP contribution in [0.1, 0.15) is 18.5 Å². The van der Waals surface area contributed by atoms with Crippen LogP contribution in [0.25, 0.3) is 10.9 Å². The first-order chi connectivity index (χ1) is 11.1. The van der Waals surface area contributed by atoms with E-state index < -0.39 is 17.4 Å². The normalized spacial score (nSPS) is 15.8. The lowest BCUT2D eigenvalue weighted by Crippen LogP contribution is -2.49. The number of hydrogen-bond acceptors (Lipinski definition) is 5. The summed E-state index contributed by atoms with van der Waals surface area (Å²) in [6, 6.07) is 7.54. The summed E-state index contributed by atoms with van der Waals surface area (Å²) in [6.45, 7) is 0.737. The van der Waals surface area contributed by atoms with Crippen LogP contribution in [0.3, 0.4) is 0 Å². The summed E-state index contributed by atoms with van der Waals surface area (Å²) in [5, 5.41) is 0.915. The number of benzene rings is 1. The molecule has 0 saturated carbocycles. The molecule has 3 rings (SSSR count). The van der Waals surface area contributed by atoms with Crippen LogP contribution in [-0.2, 0) is 31.0 Å². The zero-order valence-corrected chi connectivity index (χ0v) is 13.4. The van der Waals surface area contributed by atoms with Crippen LogP contribution < -0.4 is 4.74 Å². The highest BCUT2D eigenvalue weighted by Crippen LogP contribution is 2.40. The van der Waals surface area contributed by atoms with E-state index in [2.05, 4.69) is 0 Å². The van der Waals surface area contributed by atoms with Gasteiger partial charge in [-0.3, -0.25) is 9.59 Å². The van der Waals surface area contributed by atoms with Crippen LogP contribution in [0.2, 0.25) is 0 Å². The van der Waals surface area contributed by atoms with E-state index in [1.165, 1.54) is 14.2 Å². The highest BCUT2D eigenvalue weighted by Gasteiger charge is 2.53. The summed E-state index contributed by atoms with van der Waals surface area (Å²) in [5.41, 5.74) is 0.164. The lowest BCUT2D eigenvalue weighted by Gasteiger charge is -2.33. The Bertz CT molecular complexity index is 761. The predicted molar refractivity (Wildman–Crippen MR) is 83.4 cm³/mol. The average Bonchev–Trinajstić information content (AvgIpc) is 2.97. The number of carbonyl (C=O) groups is 2. The van der Waals surface area contributed by atoms with Gasteiger partial charge in [-0.1, -0.05) is 0 Å². The van der Waals surface area contributed by atoms with E-state index >= 15 is 0 Å². The van der Waals surface area contributed by atoms with Gasteiger partial charge in [0.1, 0.15) is 5.75 Å². The number of methoxy groups -OCH3 is 3. The molecule has 2 aromatic rings. The summed E-state index contributed by atoms with van der Waals surface area (Å²) in [6.07, 6.45) is 1.06. The molecule has 0 amide bonds. The highest BCUT2D eigenvalue weighted by atomic mass is 16.5. The first kappa shape index (κ1) is 15.4. The first-order valence-electron chi connectivity index (χ1n) is 7.43. The van der Waals surface area contributed by atoms with Gasteiger partial charge in [-0.05, 0) is 37.1 Å². The second-order valence-electron chi connectivity index (χ2n) is 5.60. The Balaban J connectivity index is 2.28. The summed E-state index contributed by atoms with van der Waals surface area (Å²) in [4.78, 5) is 25.0. The minimum Gasteiger partial charge on any atom is -0.497 e. The maximum absolute atomic E-state index is 12.5. The van der Waals surface area contributed by atoms with Crippen molar-refractivity contribution in [2.24, 2.45) is 0 Å². The third kappa shape index (κ3) is 2.09. The van der Waals surface area contributed by atoms with Gasteiger partial charge < -0.3 is 18.8 Å².